The van der Waals surface area contributed by atoms with Crippen LogP contribution in [0.1, 0.15) is 17.6 Å². The van der Waals surface area contributed by atoms with Crippen molar-refractivity contribution in [3.05, 3.63) is 46.2 Å². The van der Waals surface area contributed by atoms with Gasteiger partial charge in [0.05, 0.1) is 18.1 Å². The summed E-state index contributed by atoms with van der Waals surface area (Å²) in [6.45, 7) is 2.54. The standard InChI is InChI=1S/C15H16FNO3S2/c1-2-19-15(18)10-21-8-12-9-22-14(17-12)7-20-13-5-3-11(16)4-6-13/h3-6,9H,2,7-8,10H2,1H3. The van der Waals surface area contributed by atoms with E-state index in [1.165, 1.54) is 35.2 Å². The first kappa shape index (κ1) is 16.8. The van der Waals surface area contributed by atoms with Crippen molar-refractivity contribution in [2.75, 3.05) is 12.4 Å². The molecule has 0 aliphatic heterocycles. The molecule has 0 aliphatic carbocycles. The molecule has 0 aliphatic rings. The predicted molar refractivity (Wildman–Crippen MR) is 85.6 cm³/mol. The van der Waals surface area contributed by atoms with Gasteiger partial charge in [0.1, 0.15) is 23.2 Å². The Balaban J connectivity index is 1.74. The minimum absolute atomic E-state index is 0.206. The van der Waals surface area contributed by atoms with Crippen LogP contribution in [0.5, 0.6) is 5.75 Å². The summed E-state index contributed by atoms with van der Waals surface area (Å²) in [5.74, 6) is 1.10. The highest BCUT2D eigenvalue weighted by molar-refractivity contribution is 7.99. The van der Waals surface area contributed by atoms with Crippen LogP contribution in [0.4, 0.5) is 4.39 Å². The Labute approximate surface area is 136 Å². The number of nitrogens with zero attached hydrogens (tertiary/aromatic N) is 1. The molecule has 22 heavy (non-hydrogen) atoms. The first-order chi connectivity index (χ1) is 10.7. The van der Waals surface area contributed by atoms with E-state index in [4.69, 9.17) is 9.47 Å². The van der Waals surface area contributed by atoms with Gasteiger partial charge in [-0.15, -0.1) is 23.1 Å². The molecule has 0 fully saturated rings. The van der Waals surface area contributed by atoms with Gasteiger partial charge in [0.15, 0.2) is 0 Å². The second kappa shape index (κ2) is 8.75. The highest BCUT2D eigenvalue weighted by Gasteiger charge is 2.06. The van der Waals surface area contributed by atoms with Gasteiger partial charge >= 0.3 is 5.97 Å². The van der Waals surface area contributed by atoms with Crippen LogP contribution in [0, 0.1) is 5.82 Å². The molecule has 0 amide bonds. The van der Waals surface area contributed by atoms with Crippen molar-refractivity contribution in [2.45, 2.75) is 19.3 Å². The topological polar surface area (TPSA) is 48.4 Å². The molecule has 4 nitrogen and oxygen atoms in total. The number of hydrogen-bond acceptors (Lipinski definition) is 6. The number of benzene rings is 1. The van der Waals surface area contributed by atoms with E-state index in [-0.39, 0.29) is 11.8 Å². The second-order valence-electron chi connectivity index (χ2n) is 4.27. The smallest absolute Gasteiger partial charge is 0.315 e. The molecule has 0 N–H and O–H groups in total. The maximum atomic E-state index is 12.8. The molecule has 2 aromatic rings. The van der Waals surface area contributed by atoms with E-state index in [2.05, 4.69) is 4.98 Å². The van der Waals surface area contributed by atoms with Crippen molar-refractivity contribution >= 4 is 29.1 Å². The predicted octanol–water partition coefficient (Wildman–Crippen LogP) is 3.66. The van der Waals surface area contributed by atoms with Gasteiger partial charge in [0, 0.05) is 11.1 Å². The number of aromatic nitrogens is 1. The molecular formula is C15H16FNO3S2. The van der Waals surface area contributed by atoms with Crippen LogP contribution in [0.25, 0.3) is 0 Å². The third kappa shape index (κ3) is 5.65. The van der Waals surface area contributed by atoms with Crippen molar-refractivity contribution in [2.24, 2.45) is 0 Å². The molecule has 0 radical (unpaired) electrons. The summed E-state index contributed by atoms with van der Waals surface area (Å²) >= 11 is 2.97. The van der Waals surface area contributed by atoms with E-state index in [9.17, 15) is 9.18 Å². The summed E-state index contributed by atoms with van der Waals surface area (Å²) in [6, 6.07) is 5.88. The highest BCUT2D eigenvalue weighted by Crippen LogP contribution is 2.18. The van der Waals surface area contributed by atoms with E-state index in [0.717, 1.165) is 10.7 Å². The maximum absolute atomic E-state index is 12.8. The Bertz CT molecular complexity index is 601. The van der Waals surface area contributed by atoms with Crippen molar-refractivity contribution < 1.29 is 18.7 Å². The van der Waals surface area contributed by atoms with Gasteiger partial charge in [0.25, 0.3) is 0 Å². The van der Waals surface area contributed by atoms with Gasteiger partial charge in [0.2, 0.25) is 0 Å². The lowest BCUT2D eigenvalue weighted by atomic mass is 10.3. The van der Waals surface area contributed by atoms with Crippen LogP contribution in [0.2, 0.25) is 0 Å². The minimum atomic E-state index is -0.289. The SMILES string of the molecule is CCOC(=O)CSCc1csc(COc2ccc(F)cc2)n1. The van der Waals surface area contributed by atoms with Crippen molar-refractivity contribution in [1.82, 2.24) is 4.98 Å². The summed E-state index contributed by atoms with van der Waals surface area (Å²) < 4.78 is 23.2. The summed E-state index contributed by atoms with van der Waals surface area (Å²) in [6.07, 6.45) is 0. The summed E-state index contributed by atoms with van der Waals surface area (Å²) in [4.78, 5) is 15.6. The van der Waals surface area contributed by atoms with Gasteiger partial charge < -0.3 is 9.47 Å². The largest absolute Gasteiger partial charge is 0.486 e. The van der Waals surface area contributed by atoms with Crippen LogP contribution < -0.4 is 4.74 Å². The number of thiazole rings is 1. The van der Waals surface area contributed by atoms with Crippen LogP contribution in [-0.2, 0) is 21.9 Å². The highest BCUT2D eigenvalue weighted by atomic mass is 32.2. The fourth-order valence-electron chi connectivity index (χ4n) is 1.60. The zero-order valence-corrected chi connectivity index (χ0v) is 13.7. The van der Waals surface area contributed by atoms with E-state index >= 15 is 0 Å². The Hall–Kier alpha value is -1.60. The molecule has 0 saturated heterocycles. The molecule has 2 rings (SSSR count). The number of rotatable bonds is 8. The number of esters is 1. The third-order valence-corrected chi connectivity index (χ3v) is 4.36. The average molecular weight is 341 g/mol. The molecule has 1 aromatic heterocycles. The first-order valence-corrected chi connectivity index (χ1v) is 8.76. The monoisotopic (exact) mass is 341 g/mol. The number of hydrogen-bond donors (Lipinski definition) is 0. The molecular weight excluding hydrogens is 325 g/mol. The number of carbonyl (C=O) groups excluding carboxylic acids is 1. The molecule has 0 atom stereocenters. The van der Waals surface area contributed by atoms with Gasteiger partial charge in [-0.3, -0.25) is 4.79 Å². The average Bonchev–Trinajstić information content (AvgIpc) is 2.95. The normalized spacial score (nSPS) is 10.5. The van der Waals surface area contributed by atoms with E-state index in [1.54, 1.807) is 19.1 Å². The van der Waals surface area contributed by atoms with Crippen molar-refractivity contribution in [3.8, 4) is 5.75 Å². The molecule has 0 saturated carbocycles. The molecule has 0 bridgehead atoms. The van der Waals surface area contributed by atoms with E-state index < -0.39 is 0 Å². The summed E-state index contributed by atoms with van der Waals surface area (Å²) in [5.41, 5.74) is 0.914. The summed E-state index contributed by atoms with van der Waals surface area (Å²) in [5, 5.41) is 2.79. The van der Waals surface area contributed by atoms with E-state index in [1.807, 2.05) is 5.38 Å². The number of halogens is 1. The van der Waals surface area contributed by atoms with Crippen LogP contribution >= 0.6 is 23.1 Å². The lowest BCUT2D eigenvalue weighted by Gasteiger charge is -2.03. The molecule has 0 spiro atoms. The lowest BCUT2D eigenvalue weighted by molar-refractivity contribution is -0.139. The number of carbonyl (C=O) groups is 1. The summed E-state index contributed by atoms with van der Waals surface area (Å²) in [7, 11) is 0. The van der Waals surface area contributed by atoms with Crippen molar-refractivity contribution in [1.29, 1.82) is 0 Å². The van der Waals surface area contributed by atoms with Gasteiger partial charge in [-0.1, -0.05) is 0 Å². The Kier molecular flexibility index (Phi) is 6.67. The van der Waals surface area contributed by atoms with Gasteiger partial charge in [-0.2, -0.15) is 0 Å². The Morgan fingerprint density at radius 2 is 2.14 bits per heavy atom. The second-order valence-corrected chi connectivity index (χ2v) is 6.20. The first-order valence-electron chi connectivity index (χ1n) is 6.72. The van der Waals surface area contributed by atoms with Crippen molar-refractivity contribution in [3.63, 3.8) is 0 Å². The zero-order chi connectivity index (χ0) is 15.8. The van der Waals surface area contributed by atoms with Gasteiger partial charge in [-0.25, -0.2) is 9.37 Å². The molecule has 0 unspecified atom stereocenters. The molecule has 1 aromatic carbocycles. The van der Waals surface area contributed by atoms with E-state index in [0.29, 0.717) is 30.5 Å². The minimum Gasteiger partial charge on any atom is -0.486 e. The number of ether oxygens (including phenoxy) is 2. The molecule has 118 valence electrons. The van der Waals surface area contributed by atoms with Crippen LogP contribution in [0.15, 0.2) is 29.6 Å². The molecule has 7 heteroatoms. The Morgan fingerprint density at radius 3 is 2.86 bits per heavy atom. The Morgan fingerprint density at radius 1 is 1.36 bits per heavy atom. The van der Waals surface area contributed by atoms with Gasteiger partial charge in [-0.05, 0) is 31.2 Å². The van der Waals surface area contributed by atoms with Crippen LogP contribution in [-0.4, -0.2) is 23.3 Å². The lowest BCUT2D eigenvalue weighted by Crippen LogP contribution is -2.06. The zero-order valence-electron chi connectivity index (χ0n) is 12.1. The fourth-order valence-corrected chi connectivity index (χ4v) is 3.12. The third-order valence-electron chi connectivity index (χ3n) is 2.55. The molecule has 1 heterocycles. The quantitative estimate of drug-likeness (QED) is 0.686. The maximum Gasteiger partial charge on any atom is 0.315 e. The number of thioether (sulfide) groups is 1. The fraction of sp³-hybridized carbons (Fsp3) is 0.333. The van der Waals surface area contributed by atoms with Crippen LogP contribution in [0.3, 0.4) is 0 Å².